The largest absolute Gasteiger partial charge is 0.469 e. The Labute approximate surface area is 213 Å². The summed E-state index contributed by atoms with van der Waals surface area (Å²) in [4.78, 5) is 11.5. The molecule has 5 nitrogen and oxygen atoms in total. The average Bonchev–Trinajstić information content (AvgIpc) is 2.87. The third-order valence-electron chi connectivity index (χ3n) is 5.93. The van der Waals surface area contributed by atoms with E-state index >= 15 is 0 Å². The van der Waals surface area contributed by atoms with E-state index in [9.17, 15) is 13.2 Å². The molecule has 0 saturated heterocycles. The molecule has 1 unspecified atom stereocenters. The third-order valence-corrected chi connectivity index (χ3v) is 7.67. The molecule has 0 radical (unpaired) electrons. The van der Waals surface area contributed by atoms with E-state index in [0.29, 0.717) is 24.3 Å². The van der Waals surface area contributed by atoms with Gasteiger partial charge in [0.1, 0.15) is 0 Å². The summed E-state index contributed by atoms with van der Waals surface area (Å²) in [6, 6.07) is 24.1. The Hall–Kier alpha value is -2.67. The zero-order valence-corrected chi connectivity index (χ0v) is 21.5. The molecule has 186 valence electrons. The van der Waals surface area contributed by atoms with Crippen molar-refractivity contribution in [3.63, 3.8) is 0 Å². The number of halogens is 1. The molecule has 0 aliphatic carbocycles. The molecule has 35 heavy (non-hydrogen) atoms. The number of ether oxygens (including phenoxy) is 1. The van der Waals surface area contributed by atoms with E-state index in [4.69, 9.17) is 16.3 Å². The van der Waals surface area contributed by atoms with Gasteiger partial charge >= 0.3 is 5.97 Å². The summed E-state index contributed by atoms with van der Waals surface area (Å²) in [5.41, 5.74) is 3.29. The minimum absolute atomic E-state index is 0.190. The van der Waals surface area contributed by atoms with Crippen molar-refractivity contribution in [1.82, 2.24) is 4.72 Å². The molecule has 0 fully saturated rings. The third kappa shape index (κ3) is 8.80. The lowest BCUT2D eigenvalue weighted by Gasteiger charge is -2.20. The molecule has 0 amide bonds. The van der Waals surface area contributed by atoms with Gasteiger partial charge in [-0.05, 0) is 73.1 Å². The highest BCUT2D eigenvalue weighted by Gasteiger charge is 2.21. The van der Waals surface area contributed by atoms with E-state index in [2.05, 4.69) is 16.9 Å². The van der Waals surface area contributed by atoms with Crippen LogP contribution in [0.4, 0.5) is 0 Å². The van der Waals surface area contributed by atoms with Crippen LogP contribution >= 0.6 is 11.6 Å². The van der Waals surface area contributed by atoms with Crippen LogP contribution in [0.1, 0.15) is 54.8 Å². The lowest BCUT2D eigenvalue weighted by atomic mass is 9.98. The number of nitrogens with one attached hydrogen (secondary N) is 1. The van der Waals surface area contributed by atoms with Crippen LogP contribution < -0.4 is 4.72 Å². The van der Waals surface area contributed by atoms with Gasteiger partial charge in [-0.2, -0.15) is 0 Å². The van der Waals surface area contributed by atoms with Crippen molar-refractivity contribution in [3.05, 3.63) is 101 Å². The molecule has 3 rings (SSSR count). The van der Waals surface area contributed by atoms with Gasteiger partial charge in [-0.1, -0.05) is 72.6 Å². The van der Waals surface area contributed by atoms with Crippen molar-refractivity contribution >= 4 is 27.6 Å². The smallest absolute Gasteiger partial charge is 0.305 e. The summed E-state index contributed by atoms with van der Waals surface area (Å²) in [6.45, 7) is 0. The first-order valence-corrected chi connectivity index (χ1v) is 13.7. The number of unbranched alkanes of at least 4 members (excludes halogenated alkanes) is 1. The van der Waals surface area contributed by atoms with Crippen molar-refractivity contribution in [2.24, 2.45) is 0 Å². The Kier molecular flexibility index (Phi) is 10.3. The summed E-state index contributed by atoms with van der Waals surface area (Å²) in [6.07, 6.45) is 5.32. The number of rotatable bonds is 13. The molecule has 1 atom stereocenters. The zero-order chi connectivity index (χ0) is 25.1. The Morgan fingerprint density at radius 3 is 2.14 bits per heavy atom. The van der Waals surface area contributed by atoms with Gasteiger partial charge in [0, 0.05) is 17.5 Å². The predicted octanol–water partition coefficient (Wildman–Crippen LogP) is 6.27. The first-order valence-electron chi connectivity index (χ1n) is 11.8. The molecule has 3 aromatic rings. The topological polar surface area (TPSA) is 72.5 Å². The molecule has 1 N–H and O–H groups in total. The SMILES string of the molecule is COC(=O)CCCc1ccc(C(CCCCc2ccccc2)NS(=O)(=O)c2ccc(Cl)cc2)cc1. The monoisotopic (exact) mass is 513 g/mol. The van der Waals surface area contributed by atoms with Crippen LogP contribution in [0.2, 0.25) is 5.02 Å². The van der Waals surface area contributed by atoms with Crippen LogP contribution in [0.5, 0.6) is 0 Å². The quantitative estimate of drug-likeness (QED) is 0.216. The highest BCUT2D eigenvalue weighted by molar-refractivity contribution is 7.89. The average molecular weight is 514 g/mol. The highest BCUT2D eigenvalue weighted by atomic mass is 35.5. The van der Waals surface area contributed by atoms with Crippen molar-refractivity contribution in [2.75, 3.05) is 7.11 Å². The number of hydrogen-bond donors (Lipinski definition) is 1. The molecule has 0 heterocycles. The highest BCUT2D eigenvalue weighted by Crippen LogP contribution is 2.25. The van der Waals surface area contributed by atoms with E-state index in [1.165, 1.54) is 24.8 Å². The molecule has 0 aliphatic heterocycles. The molecule has 7 heteroatoms. The summed E-state index contributed by atoms with van der Waals surface area (Å²) in [5, 5.41) is 0.490. The van der Waals surface area contributed by atoms with E-state index in [1.807, 2.05) is 42.5 Å². The maximum absolute atomic E-state index is 13.1. The number of benzene rings is 3. The first kappa shape index (κ1) is 26.9. The fraction of sp³-hybridized carbons (Fsp3) is 0.321. The van der Waals surface area contributed by atoms with Gasteiger partial charge in [0.15, 0.2) is 0 Å². The zero-order valence-electron chi connectivity index (χ0n) is 20.0. The van der Waals surface area contributed by atoms with E-state index in [0.717, 1.165) is 36.8 Å². The van der Waals surface area contributed by atoms with Crippen molar-refractivity contribution in [2.45, 2.75) is 55.9 Å². The van der Waals surface area contributed by atoms with E-state index in [1.54, 1.807) is 12.1 Å². The molecular formula is C28H32ClNO4S. The minimum atomic E-state index is -3.71. The van der Waals surface area contributed by atoms with Crippen LogP contribution in [0.15, 0.2) is 83.8 Å². The van der Waals surface area contributed by atoms with Crippen LogP contribution in [0.25, 0.3) is 0 Å². The molecule has 0 aromatic heterocycles. The van der Waals surface area contributed by atoms with Gasteiger partial charge in [0.2, 0.25) is 10.0 Å². The Bertz CT molecular complexity index is 1160. The maximum Gasteiger partial charge on any atom is 0.305 e. The Balaban J connectivity index is 1.68. The van der Waals surface area contributed by atoms with E-state index < -0.39 is 10.0 Å². The van der Waals surface area contributed by atoms with Crippen molar-refractivity contribution in [3.8, 4) is 0 Å². The molecular weight excluding hydrogens is 482 g/mol. The fourth-order valence-corrected chi connectivity index (χ4v) is 5.33. The summed E-state index contributed by atoms with van der Waals surface area (Å²) in [7, 11) is -2.32. The van der Waals surface area contributed by atoms with Gasteiger partial charge in [-0.15, -0.1) is 0 Å². The predicted molar refractivity (Wildman–Crippen MR) is 140 cm³/mol. The maximum atomic E-state index is 13.1. The normalized spacial score (nSPS) is 12.3. The second-order valence-corrected chi connectivity index (χ2v) is 10.7. The van der Waals surface area contributed by atoms with Crippen LogP contribution in [-0.4, -0.2) is 21.5 Å². The van der Waals surface area contributed by atoms with Gasteiger partial charge in [-0.25, -0.2) is 13.1 Å². The van der Waals surface area contributed by atoms with Crippen molar-refractivity contribution in [1.29, 1.82) is 0 Å². The number of sulfonamides is 1. The lowest BCUT2D eigenvalue weighted by Crippen LogP contribution is -2.28. The number of methoxy groups -OCH3 is 1. The summed E-state index contributed by atoms with van der Waals surface area (Å²) in [5.74, 6) is -0.214. The number of carbonyl (C=O) groups excluding carboxylic acids is 1. The standard InChI is InChI=1S/C28H32ClNO4S/c1-34-28(31)13-7-11-23-14-16-24(17-15-23)27(12-6-5-10-22-8-3-2-4-9-22)30-35(32,33)26-20-18-25(29)19-21-26/h2-4,8-9,14-21,27,30H,5-7,10-13H2,1H3. The van der Waals surface area contributed by atoms with Crippen LogP contribution in [-0.2, 0) is 32.4 Å². The minimum Gasteiger partial charge on any atom is -0.469 e. The molecule has 0 saturated carbocycles. The second-order valence-electron chi connectivity index (χ2n) is 8.53. The van der Waals surface area contributed by atoms with Gasteiger partial charge < -0.3 is 4.74 Å². The second kappa shape index (κ2) is 13.4. The number of hydrogen-bond acceptors (Lipinski definition) is 4. The molecule has 0 spiro atoms. The number of esters is 1. The molecule has 3 aromatic carbocycles. The fourth-order valence-electron chi connectivity index (χ4n) is 3.94. The van der Waals surface area contributed by atoms with Gasteiger partial charge in [0.05, 0.1) is 12.0 Å². The Morgan fingerprint density at radius 1 is 0.857 bits per heavy atom. The van der Waals surface area contributed by atoms with Crippen LogP contribution in [0.3, 0.4) is 0 Å². The van der Waals surface area contributed by atoms with Crippen LogP contribution in [0, 0.1) is 0 Å². The number of aryl methyl sites for hydroxylation is 2. The number of carbonyl (C=O) groups is 1. The first-order chi connectivity index (χ1) is 16.9. The van der Waals surface area contributed by atoms with Crippen molar-refractivity contribution < 1.29 is 17.9 Å². The summed E-state index contributed by atoms with van der Waals surface area (Å²) >= 11 is 5.93. The van der Waals surface area contributed by atoms with Gasteiger partial charge in [0.25, 0.3) is 0 Å². The Morgan fingerprint density at radius 2 is 1.49 bits per heavy atom. The van der Waals surface area contributed by atoms with E-state index in [-0.39, 0.29) is 16.9 Å². The molecule has 0 aliphatic rings. The van der Waals surface area contributed by atoms with Gasteiger partial charge in [-0.3, -0.25) is 4.79 Å². The molecule has 0 bridgehead atoms. The summed E-state index contributed by atoms with van der Waals surface area (Å²) < 4.78 is 33.8. The lowest BCUT2D eigenvalue weighted by molar-refractivity contribution is -0.140.